The zero-order valence-corrected chi connectivity index (χ0v) is 23.7. The molecule has 2 amide bonds. The summed E-state index contributed by atoms with van der Waals surface area (Å²) in [7, 11) is -0.967. The maximum Gasteiger partial charge on any atom is 0.244 e. The van der Waals surface area contributed by atoms with Crippen LogP contribution in [-0.4, -0.2) is 64.2 Å². The first kappa shape index (κ1) is 30.2. The molecule has 2 aromatic carbocycles. The minimum absolute atomic E-state index is 0.0808. The van der Waals surface area contributed by atoms with Gasteiger partial charge in [-0.25, -0.2) is 8.42 Å². The van der Waals surface area contributed by atoms with E-state index in [0.29, 0.717) is 12.2 Å². The first-order valence-corrected chi connectivity index (χ1v) is 14.2. The molecule has 1 N–H and O–H groups in total. The van der Waals surface area contributed by atoms with Crippen molar-refractivity contribution in [1.29, 1.82) is 0 Å². The second-order valence-corrected chi connectivity index (χ2v) is 11.0. The summed E-state index contributed by atoms with van der Waals surface area (Å²) < 4.78 is 37.1. The SMILES string of the molecule is CCC(C)NC(=O)C(CC)N(Cc1ccc(OC)cc1)C(=O)CN(c1cc(Cl)ccc1OC)S(C)(=O)=O. The number of nitrogens with one attached hydrogen (secondary N) is 1. The van der Waals surface area contributed by atoms with Crippen LogP contribution in [0.1, 0.15) is 39.2 Å². The molecule has 2 unspecified atom stereocenters. The van der Waals surface area contributed by atoms with Gasteiger partial charge < -0.3 is 19.7 Å². The van der Waals surface area contributed by atoms with E-state index >= 15 is 0 Å². The van der Waals surface area contributed by atoms with Crippen molar-refractivity contribution in [3.63, 3.8) is 0 Å². The molecule has 0 radical (unpaired) electrons. The molecule has 0 saturated carbocycles. The van der Waals surface area contributed by atoms with Crippen LogP contribution in [0.3, 0.4) is 0 Å². The van der Waals surface area contributed by atoms with Gasteiger partial charge in [-0.3, -0.25) is 13.9 Å². The van der Waals surface area contributed by atoms with Gasteiger partial charge in [0, 0.05) is 17.6 Å². The van der Waals surface area contributed by atoms with E-state index in [1.165, 1.54) is 24.1 Å². The molecule has 2 atom stereocenters. The lowest BCUT2D eigenvalue weighted by atomic mass is 10.1. The Balaban J connectivity index is 2.50. The fraction of sp³-hybridized carbons (Fsp3) is 0.462. The highest BCUT2D eigenvalue weighted by molar-refractivity contribution is 7.92. The largest absolute Gasteiger partial charge is 0.497 e. The van der Waals surface area contributed by atoms with E-state index in [2.05, 4.69) is 5.32 Å². The molecule has 0 saturated heterocycles. The number of carbonyl (C=O) groups excluding carboxylic acids is 2. The van der Waals surface area contributed by atoms with Gasteiger partial charge in [-0.2, -0.15) is 0 Å². The monoisotopic (exact) mass is 553 g/mol. The van der Waals surface area contributed by atoms with Gasteiger partial charge in [-0.1, -0.05) is 37.6 Å². The zero-order chi connectivity index (χ0) is 27.8. The normalized spacial score (nSPS) is 12.8. The minimum atomic E-state index is -3.92. The number of methoxy groups -OCH3 is 2. The van der Waals surface area contributed by atoms with Crippen molar-refractivity contribution in [2.45, 2.75) is 52.2 Å². The molecular weight excluding hydrogens is 518 g/mol. The standard InChI is InChI=1S/C26H36ClN3O6S/c1-7-18(3)28-26(32)22(8-2)29(16-19-9-12-21(35-4)13-10-19)25(31)17-30(37(6,33)34)23-15-20(27)11-14-24(23)36-5/h9-15,18,22H,7-8,16-17H2,1-6H3,(H,28,32). The number of anilines is 1. The molecule has 2 rings (SSSR count). The van der Waals surface area contributed by atoms with Gasteiger partial charge >= 0.3 is 0 Å². The molecule has 0 heterocycles. The van der Waals surface area contributed by atoms with Gasteiger partial charge in [0.1, 0.15) is 24.1 Å². The number of benzene rings is 2. The Labute approximate surface area is 224 Å². The third-order valence-electron chi connectivity index (χ3n) is 5.99. The van der Waals surface area contributed by atoms with Crippen molar-refractivity contribution in [3.8, 4) is 11.5 Å². The summed E-state index contributed by atoms with van der Waals surface area (Å²) in [4.78, 5) is 28.4. The van der Waals surface area contributed by atoms with Crippen LogP contribution in [0.2, 0.25) is 5.02 Å². The molecule has 0 aliphatic heterocycles. The number of rotatable bonds is 13. The molecule has 0 aliphatic rings. The first-order chi connectivity index (χ1) is 17.4. The summed E-state index contributed by atoms with van der Waals surface area (Å²) in [5.74, 6) is 0.0461. The number of sulfonamides is 1. The van der Waals surface area contributed by atoms with Gasteiger partial charge in [-0.15, -0.1) is 0 Å². The molecule has 0 aromatic heterocycles. The second kappa shape index (κ2) is 13.5. The van der Waals surface area contributed by atoms with Crippen LogP contribution in [0, 0.1) is 0 Å². The molecule has 11 heteroatoms. The van der Waals surface area contributed by atoms with Crippen LogP contribution in [-0.2, 0) is 26.2 Å². The number of hydrogen-bond donors (Lipinski definition) is 1. The predicted octanol–water partition coefficient (Wildman–Crippen LogP) is 3.85. The van der Waals surface area contributed by atoms with Crippen molar-refractivity contribution in [2.24, 2.45) is 0 Å². The van der Waals surface area contributed by atoms with Crippen molar-refractivity contribution < 1.29 is 27.5 Å². The van der Waals surface area contributed by atoms with Crippen LogP contribution in [0.4, 0.5) is 5.69 Å². The van der Waals surface area contributed by atoms with Gasteiger partial charge in [0.2, 0.25) is 21.8 Å². The second-order valence-electron chi connectivity index (χ2n) is 8.70. The van der Waals surface area contributed by atoms with E-state index in [9.17, 15) is 18.0 Å². The quantitative estimate of drug-likeness (QED) is 0.404. The summed E-state index contributed by atoms with van der Waals surface area (Å²) in [6.45, 7) is 5.20. The highest BCUT2D eigenvalue weighted by atomic mass is 35.5. The summed E-state index contributed by atoms with van der Waals surface area (Å²) in [5, 5.41) is 3.22. The third kappa shape index (κ3) is 8.26. The lowest BCUT2D eigenvalue weighted by Gasteiger charge is -2.33. The number of hydrogen-bond acceptors (Lipinski definition) is 6. The topological polar surface area (TPSA) is 105 Å². The van der Waals surface area contributed by atoms with Crippen LogP contribution >= 0.6 is 11.6 Å². The zero-order valence-electron chi connectivity index (χ0n) is 22.2. The Hall–Kier alpha value is -2.98. The van der Waals surface area contributed by atoms with Gasteiger partial charge in [0.25, 0.3) is 0 Å². The van der Waals surface area contributed by atoms with Crippen LogP contribution < -0.4 is 19.1 Å². The average molecular weight is 554 g/mol. The molecule has 9 nitrogen and oxygen atoms in total. The Morgan fingerprint density at radius 1 is 1.03 bits per heavy atom. The summed E-state index contributed by atoms with van der Waals surface area (Å²) in [6, 6.07) is 10.7. The Bertz CT molecular complexity index is 1170. The lowest BCUT2D eigenvalue weighted by molar-refractivity contribution is -0.140. The molecule has 204 valence electrons. The predicted molar refractivity (Wildman–Crippen MR) is 146 cm³/mol. The van der Waals surface area contributed by atoms with Crippen molar-refractivity contribution in [1.82, 2.24) is 10.2 Å². The molecule has 0 fully saturated rings. The number of halogens is 1. The average Bonchev–Trinajstić information content (AvgIpc) is 2.86. The van der Waals surface area contributed by atoms with Crippen molar-refractivity contribution >= 4 is 39.1 Å². The maximum atomic E-state index is 13.8. The van der Waals surface area contributed by atoms with E-state index in [1.807, 2.05) is 20.8 Å². The van der Waals surface area contributed by atoms with Crippen molar-refractivity contribution in [2.75, 3.05) is 31.3 Å². The Morgan fingerprint density at radius 3 is 2.19 bits per heavy atom. The van der Waals surface area contributed by atoms with E-state index in [4.69, 9.17) is 21.1 Å². The smallest absolute Gasteiger partial charge is 0.244 e. The van der Waals surface area contributed by atoms with Crippen LogP contribution in [0.5, 0.6) is 11.5 Å². The Kier molecular flexibility index (Phi) is 11.1. The maximum absolute atomic E-state index is 13.8. The van der Waals surface area contributed by atoms with Crippen LogP contribution in [0.25, 0.3) is 0 Å². The van der Waals surface area contributed by atoms with E-state index in [1.54, 1.807) is 37.4 Å². The molecule has 2 aromatic rings. The summed E-state index contributed by atoms with van der Waals surface area (Å²) in [6.07, 6.45) is 2.07. The molecule has 0 bridgehead atoms. The molecule has 0 aliphatic carbocycles. The first-order valence-electron chi connectivity index (χ1n) is 12.0. The summed E-state index contributed by atoms with van der Waals surface area (Å²) in [5.41, 5.74) is 0.891. The molecule has 0 spiro atoms. The van der Waals surface area contributed by atoms with E-state index in [0.717, 1.165) is 22.5 Å². The third-order valence-corrected chi connectivity index (χ3v) is 7.35. The minimum Gasteiger partial charge on any atom is -0.497 e. The number of nitrogens with zero attached hydrogens (tertiary/aromatic N) is 2. The van der Waals surface area contributed by atoms with Gasteiger partial charge in [-0.05, 0) is 55.7 Å². The number of amides is 2. The van der Waals surface area contributed by atoms with Crippen molar-refractivity contribution in [3.05, 3.63) is 53.1 Å². The molecular formula is C26H36ClN3O6S. The van der Waals surface area contributed by atoms with E-state index < -0.39 is 28.5 Å². The van der Waals surface area contributed by atoms with Gasteiger partial charge in [0.05, 0.1) is 26.2 Å². The number of carbonyl (C=O) groups is 2. The lowest BCUT2D eigenvalue weighted by Crippen LogP contribution is -2.53. The number of ether oxygens (including phenoxy) is 2. The fourth-order valence-electron chi connectivity index (χ4n) is 3.74. The highest BCUT2D eigenvalue weighted by Crippen LogP contribution is 2.33. The molecule has 37 heavy (non-hydrogen) atoms. The van der Waals surface area contributed by atoms with Crippen LogP contribution in [0.15, 0.2) is 42.5 Å². The highest BCUT2D eigenvalue weighted by Gasteiger charge is 2.33. The Morgan fingerprint density at radius 2 is 1.68 bits per heavy atom. The van der Waals surface area contributed by atoms with E-state index in [-0.39, 0.29) is 35.0 Å². The van der Waals surface area contributed by atoms with Gasteiger partial charge in [0.15, 0.2) is 0 Å². The summed E-state index contributed by atoms with van der Waals surface area (Å²) >= 11 is 6.14. The fourth-order valence-corrected chi connectivity index (χ4v) is 4.75.